The van der Waals surface area contributed by atoms with E-state index in [-0.39, 0.29) is 12.1 Å². The molecular weight excluding hydrogens is 264 g/mol. The van der Waals surface area contributed by atoms with Gasteiger partial charge in [0.25, 0.3) is 0 Å². The van der Waals surface area contributed by atoms with E-state index in [1.54, 1.807) is 0 Å². The van der Waals surface area contributed by atoms with Crippen molar-refractivity contribution in [2.45, 2.75) is 39.3 Å². The number of ether oxygens (including phenoxy) is 2. The third-order valence-corrected chi connectivity index (χ3v) is 3.92. The molecule has 0 amide bonds. The predicted octanol–water partition coefficient (Wildman–Crippen LogP) is 1.98. The van der Waals surface area contributed by atoms with Crippen molar-refractivity contribution in [3.63, 3.8) is 0 Å². The first kappa shape index (κ1) is 16.3. The van der Waals surface area contributed by atoms with Gasteiger partial charge in [0.05, 0.1) is 6.61 Å². The van der Waals surface area contributed by atoms with Crippen molar-refractivity contribution in [2.24, 2.45) is 5.73 Å². The second-order valence-corrected chi connectivity index (χ2v) is 5.94. The average molecular weight is 292 g/mol. The van der Waals surface area contributed by atoms with E-state index in [1.165, 1.54) is 5.56 Å². The van der Waals surface area contributed by atoms with Gasteiger partial charge in [-0.3, -0.25) is 4.90 Å². The molecule has 0 radical (unpaired) electrons. The summed E-state index contributed by atoms with van der Waals surface area (Å²) in [4.78, 5) is 2.40. The minimum Gasteiger partial charge on any atom is -0.490 e. The van der Waals surface area contributed by atoms with Crippen molar-refractivity contribution in [3.8, 4) is 5.75 Å². The van der Waals surface area contributed by atoms with Crippen LogP contribution in [0.25, 0.3) is 0 Å². The van der Waals surface area contributed by atoms with Crippen LogP contribution in [-0.4, -0.2) is 49.9 Å². The quantitative estimate of drug-likeness (QED) is 0.871. The third-order valence-electron chi connectivity index (χ3n) is 3.92. The van der Waals surface area contributed by atoms with Gasteiger partial charge in [-0.15, -0.1) is 0 Å². The van der Waals surface area contributed by atoms with Crippen molar-refractivity contribution in [1.29, 1.82) is 0 Å². The van der Waals surface area contributed by atoms with Gasteiger partial charge in [0.2, 0.25) is 0 Å². The molecule has 21 heavy (non-hydrogen) atoms. The fraction of sp³-hybridized carbons (Fsp3) is 0.647. The molecule has 0 spiro atoms. The van der Waals surface area contributed by atoms with Crippen LogP contribution in [0.2, 0.25) is 0 Å². The van der Waals surface area contributed by atoms with Gasteiger partial charge in [-0.25, -0.2) is 0 Å². The fourth-order valence-electron chi connectivity index (χ4n) is 2.77. The molecule has 0 aromatic heterocycles. The predicted molar refractivity (Wildman–Crippen MR) is 85.9 cm³/mol. The molecule has 0 bridgehead atoms. The monoisotopic (exact) mass is 292 g/mol. The van der Waals surface area contributed by atoms with Gasteiger partial charge in [0.1, 0.15) is 18.5 Å². The molecule has 1 heterocycles. The van der Waals surface area contributed by atoms with Gasteiger partial charge in [0, 0.05) is 19.1 Å². The Bertz CT molecular complexity index is 448. The van der Waals surface area contributed by atoms with E-state index in [9.17, 15) is 0 Å². The lowest BCUT2D eigenvalue weighted by molar-refractivity contribution is -0.0466. The Morgan fingerprint density at radius 2 is 2.29 bits per heavy atom. The van der Waals surface area contributed by atoms with E-state index >= 15 is 0 Å². The lowest BCUT2D eigenvalue weighted by Gasteiger charge is -2.32. The van der Waals surface area contributed by atoms with Gasteiger partial charge in [0.15, 0.2) is 0 Å². The van der Waals surface area contributed by atoms with Crippen LogP contribution in [0, 0.1) is 6.92 Å². The highest BCUT2D eigenvalue weighted by molar-refractivity contribution is 5.41. The molecule has 4 heteroatoms. The summed E-state index contributed by atoms with van der Waals surface area (Å²) in [6, 6.07) is 6.39. The first-order valence-electron chi connectivity index (χ1n) is 7.91. The number of para-hydroxylation sites is 1. The van der Waals surface area contributed by atoms with E-state index in [1.807, 2.05) is 6.92 Å². The van der Waals surface area contributed by atoms with Crippen molar-refractivity contribution in [2.75, 3.05) is 32.8 Å². The van der Waals surface area contributed by atoms with Crippen LogP contribution in [0.15, 0.2) is 18.2 Å². The largest absolute Gasteiger partial charge is 0.490 e. The van der Waals surface area contributed by atoms with E-state index in [2.05, 4.69) is 36.9 Å². The van der Waals surface area contributed by atoms with Crippen molar-refractivity contribution >= 4 is 0 Å². The van der Waals surface area contributed by atoms with Gasteiger partial charge < -0.3 is 15.2 Å². The molecule has 2 atom stereocenters. The molecule has 118 valence electrons. The van der Waals surface area contributed by atoms with E-state index in [4.69, 9.17) is 15.2 Å². The van der Waals surface area contributed by atoms with Crippen LogP contribution in [-0.2, 0) is 11.2 Å². The molecule has 2 rings (SSSR count). The first-order valence-corrected chi connectivity index (χ1v) is 7.91. The highest BCUT2D eigenvalue weighted by Crippen LogP contribution is 2.25. The number of likely N-dealkylation sites (N-methyl/N-ethyl adjacent to an activating group) is 1. The maximum atomic E-state index is 6.09. The number of hydrogen-bond acceptors (Lipinski definition) is 4. The molecule has 1 aromatic carbocycles. The third kappa shape index (κ3) is 4.70. The molecule has 0 saturated carbocycles. The molecule has 2 N–H and O–H groups in total. The molecule has 2 unspecified atom stereocenters. The van der Waals surface area contributed by atoms with Crippen LogP contribution in [0.1, 0.15) is 25.0 Å². The maximum absolute atomic E-state index is 6.09. The highest BCUT2D eigenvalue weighted by Gasteiger charge is 2.20. The van der Waals surface area contributed by atoms with Crippen LogP contribution < -0.4 is 10.5 Å². The Morgan fingerprint density at radius 1 is 1.48 bits per heavy atom. The average Bonchev–Trinajstić information content (AvgIpc) is 2.46. The van der Waals surface area contributed by atoms with Crippen molar-refractivity contribution < 1.29 is 9.47 Å². The summed E-state index contributed by atoms with van der Waals surface area (Å²) in [6.07, 6.45) is 0.991. The second kappa shape index (κ2) is 7.78. The number of nitrogens with two attached hydrogens (primary N) is 1. The van der Waals surface area contributed by atoms with Crippen LogP contribution in [0.4, 0.5) is 0 Å². The molecule has 1 saturated heterocycles. The number of rotatable bonds is 6. The van der Waals surface area contributed by atoms with Gasteiger partial charge in [-0.05, 0) is 37.9 Å². The van der Waals surface area contributed by atoms with E-state index < -0.39 is 0 Å². The summed E-state index contributed by atoms with van der Waals surface area (Å²) in [5.41, 5.74) is 8.28. The van der Waals surface area contributed by atoms with Crippen molar-refractivity contribution in [1.82, 2.24) is 4.90 Å². The number of hydrogen-bond donors (Lipinski definition) is 1. The Balaban J connectivity index is 1.99. The lowest BCUT2D eigenvalue weighted by Crippen LogP contribution is -2.44. The maximum Gasteiger partial charge on any atom is 0.125 e. The number of morpholine rings is 1. The number of nitrogens with zero attached hydrogens (tertiary/aromatic N) is 1. The summed E-state index contributed by atoms with van der Waals surface area (Å²) < 4.78 is 11.9. The van der Waals surface area contributed by atoms with Crippen LogP contribution >= 0.6 is 0 Å². The summed E-state index contributed by atoms with van der Waals surface area (Å²) in [5.74, 6) is 0.979. The van der Waals surface area contributed by atoms with Crippen LogP contribution in [0.3, 0.4) is 0 Å². The summed E-state index contributed by atoms with van der Waals surface area (Å²) >= 11 is 0. The fourth-order valence-corrected chi connectivity index (χ4v) is 2.77. The lowest BCUT2D eigenvalue weighted by atomic mass is 10.0. The first-order chi connectivity index (χ1) is 10.1. The molecule has 1 fully saturated rings. The molecule has 0 aliphatic carbocycles. The number of aryl methyl sites for hydroxylation is 1. The topological polar surface area (TPSA) is 47.7 Å². The Hall–Kier alpha value is -1.10. The number of benzene rings is 1. The minimum atomic E-state index is 0.135. The van der Waals surface area contributed by atoms with Crippen LogP contribution in [0.5, 0.6) is 5.75 Å². The minimum absolute atomic E-state index is 0.135. The molecular formula is C17H28N2O2. The molecule has 1 aromatic rings. The normalized spacial score (nSPS) is 21.2. The van der Waals surface area contributed by atoms with Gasteiger partial charge >= 0.3 is 0 Å². The van der Waals surface area contributed by atoms with Gasteiger partial charge in [-0.2, -0.15) is 0 Å². The van der Waals surface area contributed by atoms with E-state index in [0.29, 0.717) is 6.61 Å². The second-order valence-electron chi connectivity index (χ2n) is 5.94. The summed E-state index contributed by atoms with van der Waals surface area (Å²) in [7, 11) is 0. The zero-order valence-electron chi connectivity index (χ0n) is 13.5. The Labute approximate surface area is 128 Å². The standard InChI is InChI=1S/C17H28N2O2/c1-4-19-8-9-20-16(11-19)12-21-17-13(2)6-5-7-15(17)10-14(3)18/h5-7,14,16H,4,8-12,18H2,1-3H3. The Kier molecular flexibility index (Phi) is 6.03. The SMILES string of the molecule is CCN1CCOC(COc2c(C)cccc2CC(C)N)C1. The molecule has 1 aliphatic rings. The smallest absolute Gasteiger partial charge is 0.125 e. The molecule has 4 nitrogen and oxygen atoms in total. The summed E-state index contributed by atoms with van der Waals surface area (Å²) in [5, 5.41) is 0. The van der Waals surface area contributed by atoms with Crippen molar-refractivity contribution in [3.05, 3.63) is 29.3 Å². The highest BCUT2D eigenvalue weighted by atomic mass is 16.5. The van der Waals surface area contributed by atoms with Gasteiger partial charge in [-0.1, -0.05) is 25.1 Å². The zero-order valence-corrected chi connectivity index (χ0v) is 13.5. The zero-order chi connectivity index (χ0) is 15.2. The Morgan fingerprint density at radius 3 is 3.00 bits per heavy atom. The summed E-state index contributed by atoms with van der Waals surface area (Å²) in [6.45, 7) is 10.7. The molecule has 1 aliphatic heterocycles. The van der Waals surface area contributed by atoms with E-state index in [0.717, 1.165) is 44.0 Å².